The van der Waals surface area contributed by atoms with Gasteiger partial charge in [-0.25, -0.2) is 0 Å². The van der Waals surface area contributed by atoms with E-state index < -0.39 is 0 Å². The number of hydrogen-bond acceptors (Lipinski definition) is 2. The maximum Gasteiger partial charge on any atom is 0.115 e. The lowest BCUT2D eigenvalue weighted by Gasteiger charge is -2.14. The number of aryl methyl sites for hydroxylation is 1. The molecule has 15 heavy (non-hydrogen) atoms. The Bertz CT molecular complexity index is 307. The van der Waals surface area contributed by atoms with Crippen molar-refractivity contribution in [3.05, 3.63) is 29.3 Å². The van der Waals surface area contributed by atoms with Gasteiger partial charge >= 0.3 is 0 Å². The van der Waals surface area contributed by atoms with E-state index in [0.29, 0.717) is 5.75 Å². The first kappa shape index (κ1) is 12.1. The van der Waals surface area contributed by atoms with Crippen LogP contribution in [0.1, 0.15) is 30.9 Å². The van der Waals surface area contributed by atoms with E-state index in [-0.39, 0.29) is 0 Å². The van der Waals surface area contributed by atoms with Crippen LogP contribution >= 0.6 is 0 Å². The third-order valence-electron chi connectivity index (χ3n) is 2.48. The zero-order chi connectivity index (χ0) is 11.3. The van der Waals surface area contributed by atoms with Gasteiger partial charge in [-0.15, -0.1) is 0 Å². The Hall–Kier alpha value is -1.02. The summed E-state index contributed by atoms with van der Waals surface area (Å²) in [6.45, 7) is 3.13. The van der Waals surface area contributed by atoms with Crippen molar-refractivity contribution in [3.63, 3.8) is 0 Å². The van der Waals surface area contributed by atoms with Crippen molar-refractivity contribution in [1.29, 1.82) is 0 Å². The second-order valence-electron chi connectivity index (χ2n) is 4.29. The second-order valence-corrected chi connectivity index (χ2v) is 4.29. The van der Waals surface area contributed by atoms with Crippen molar-refractivity contribution in [3.8, 4) is 5.75 Å². The van der Waals surface area contributed by atoms with Crippen LogP contribution in [-0.4, -0.2) is 24.1 Å². The molecule has 0 radical (unpaired) electrons. The van der Waals surface area contributed by atoms with Gasteiger partial charge in [0.1, 0.15) is 5.75 Å². The third kappa shape index (κ3) is 3.92. The van der Waals surface area contributed by atoms with Crippen molar-refractivity contribution in [2.24, 2.45) is 0 Å². The van der Waals surface area contributed by atoms with Crippen molar-refractivity contribution >= 4 is 0 Å². The molecule has 0 aliphatic heterocycles. The minimum atomic E-state index is 0.378. The fourth-order valence-electron chi connectivity index (χ4n) is 1.71. The van der Waals surface area contributed by atoms with Crippen molar-refractivity contribution in [2.75, 3.05) is 14.1 Å². The third-order valence-corrected chi connectivity index (χ3v) is 2.48. The van der Waals surface area contributed by atoms with E-state index in [2.05, 4.69) is 25.9 Å². The molecule has 1 aromatic carbocycles. The first-order chi connectivity index (χ1) is 7.13. The van der Waals surface area contributed by atoms with Gasteiger partial charge < -0.3 is 10.0 Å². The molecule has 0 bridgehead atoms. The van der Waals surface area contributed by atoms with Crippen LogP contribution in [-0.2, 0) is 13.0 Å². The van der Waals surface area contributed by atoms with Crippen molar-refractivity contribution < 1.29 is 5.11 Å². The molecule has 0 aliphatic rings. The largest absolute Gasteiger partial charge is 0.508 e. The van der Waals surface area contributed by atoms with E-state index in [0.717, 1.165) is 13.0 Å². The smallest absolute Gasteiger partial charge is 0.115 e. The topological polar surface area (TPSA) is 23.5 Å². The van der Waals surface area contributed by atoms with Gasteiger partial charge in [-0.05, 0) is 50.2 Å². The zero-order valence-electron chi connectivity index (χ0n) is 9.95. The summed E-state index contributed by atoms with van der Waals surface area (Å²) in [6, 6.07) is 5.70. The Morgan fingerprint density at radius 2 is 1.93 bits per heavy atom. The molecule has 0 spiro atoms. The first-order valence-corrected chi connectivity index (χ1v) is 5.59. The minimum absolute atomic E-state index is 0.378. The van der Waals surface area contributed by atoms with Gasteiger partial charge in [0.05, 0.1) is 0 Å². The van der Waals surface area contributed by atoms with Crippen LogP contribution in [0, 0.1) is 0 Å². The summed E-state index contributed by atoms with van der Waals surface area (Å²) in [4.78, 5) is 2.15. The number of phenols is 1. The number of hydrogen-bond donors (Lipinski definition) is 1. The zero-order valence-corrected chi connectivity index (χ0v) is 9.95. The summed E-state index contributed by atoms with van der Waals surface area (Å²) in [5.41, 5.74) is 2.61. The predicted octanol–water partition coefficient (Wildman–Crippen LogP) is 2.80. The quantitative estimate of drug-likeness (QED) is 0.802. The van der Waals surface area contributed by atoms with E-state index in [4.69, 9.17) is 0 Å². The lowest BCUT2D eigenvalue weighted by molar-refractivity contribution is 0.400. The fourth-order valence-corrected chi connectivity index (χ4v) is 1.71. The molecule has 2 nitrogen and oxygen atoms in total. The summed E-state index contributed by atoms with van der Waals surface area (Å²) < 4.78 is 0. The lowest BCUT2D eigenvalue weighted by atomic mass is 10.0. The Kier molecular flexibility index (Phi) is 4.63. The number of phenolic OH excluding ortho intramolecular Hbond substituents is 1. The molecule has 84 valence electrons. The van der Waals surface area contributed by atoms with Gasteiger partial charge in [0.25, 0.3) is 0 Å². The predicted molar refractivity (Wildman–Crippen MR) is 64.1 cm³/mol. The number of rotatable bonds is 5. The van der Waals surface area contributed by atoms with E-state index in [1.165, 1.54) is 24.0 Å². The molecule has 1 rings (SSSR count). The highest BCUT2D eigenvalue weighted by molar-refractivity contribution is 5.35. The van der Waals surface area contributed by atoms with Crippen LogP contribution in [0.5, 0.6) is 5.75 Å². The highest BCUT2D eigenvalue weighted by atomic mass is 16.3. The fraction of sp³-hybridized carbons (Fsp3) is 0.538. The van der Waals surface area contributed by atoms with Gasteiger partial charge in [-0.1, -0.05) is 19.4 Å². The van der Waals surface area contributed by atoms with Crippen LogP contribution < -0.4 is 0 Å². The van der Waals surface area contributed by atoms with Gasteiger partial charge in [-0.3, -0.25) is 0 Å². The normalized spacial score (nSPS) is 10.9. The average Bonchev–Trinajstić information content (AvgIpc) is 2.18. The highest BCUT2D eigenvalue weighted by Gasteiger charge is 2.04. The molecule has 0 saturated carbocycles. The summed E-state index contributed by atoms with van der Waals surface area (Å²) in [5.74, 6) is 0.378. The molecule has 0 heterocycles. The SMILES string of the molecule is CCCCc1cc(O)ccc1CN(C)C. The Balaban J connectivity index is 2.82. The molecule has 0 atom stereocenters. The molecule has 0 aromatic heterocycles. The standard InChI is InChI=1S/C13H21NO/c1-4-5-6-11-9-13(15)8-7-12(11)10-14(2)3/h7-9,15H,4-6,10H2,1-3H3. The monoisotopic (exact) mass is 207 g/mol. The summed E-state index contributed by atoms with van der Waals surface area (Å²) in [5, 5.41) is 9.46. The van der Waals surface area contributed by atoms with E-state index in [1.807, 2.05) is 12.1 Å². The molecular weight excluding hydrogens is 186 g/mol. The van der Waals surface area contributed by atoms with Crippen molar-refractivity contribution in [2.45, 2.75) is 32.7 Å². The molecule has 1 N–H and O–H groups in total. The molecule has 0 amide bonds. The number of benzene rings is 1. The molecule has 2 heteroatoms. The van der Waals surface area contributed by atoms with E-state index >= 15 is 0 Å². The lowest BCUT2D eigenvalue weighted by Crippen LogP contribution is -2.12. The minimum Gasteiger partial charge on any atom is -0.508 e. The summed E-state index contributed by atoms with van der Waals surface area (Å²) >= 11 is 0. The molecule has 1 aromatic rings. The molecule has 0 fully saturated rings. The number of aromatic hydroxyl groups is 1. The van der Waals surface area contributed by atoms with Crippen LogP contribution in [0.25, 0.3) is 0 Å². The first-order valence-electron chi connectivity index (χ1n) is 5.59. The molecule has 0 saturated heterocycles. The molecule has 0 aliphatic carbocycles. The Morgan fingerprint density at radius 1 is 1.20 bits per heavy atom. The average molecular weight is 207 g/mol. The van der Waals surface area contributed by atoms with Gasteiger partial charge in [-0.2, -0.15) is 0 Å². The highest BCUT2D eigenvalue weighted by Crippen LogP contribution is 2.19. The maximum atomic E-state index is 9.46. The number of nitrogens with zero attached hydrogens (tertiary/aromatic N) is 1. The van der Waals surface area contributed by atoms with Crippen LogP contribution in [0.2, 0.25) is 0 Å². The molecule has 0 unspecified atom stereocenters. The summed E-state index contributed by atoms with van der Waals surface area (Å²) in [6.07, 6.45) is 3.44. The molecular formula is C13H21NO. The Labute approximate surface area is 92.5 Å². The van der Waals surface area contributed by atoms with Gasteiger partial charge in [0.15, 0.2) is 0 Å². The van der Waals surface area contributed by atoms with Crippen LogP contribution in [0.3, 0.4) is 0 Å². The van der Waals surface area contributed by atoms with Gasteiger partial charge in [0.2, 0.25) is 0 Å². The van der Waals surface area contributed by atoms with Crippen LogP contribution in [0.4, 0.5) is 0 Å². The van der Waals surface area contributed by atoms with E-state index in [9.17, 15) is 5.11 Å². The Morgan fingerprint density at radius 3 is 2.53 bits per heavy atom. The second kappa shape index (κ2) is 5.76. The van der Waals surface area contributed by atoms with E-state index in [1.54, 1.807) is 6.07 Å². The van der Waals surface area contributed by atoms with Crippen LogP contribution in [0.15, 0.2) is 18.2 Å². The number of unbranched alkanes of at least 4 members (excludes halogenated alkanes) is 1. The van der Waals surface area contributed by atoms with Crippen molar-refractivity contribution in [1.82, 2.24) is 4.90 Å². The maximum absolute atomic E-state index is 9.46. The van der Waals surface area contributed by atoms with Gasteiger partial charge in [0, 0.05) is 6.54 Å². The summed E-state index contributed by atoms with van der Waals surface area (Å²) in [7, 11) is 4.13.